The van der Waals surface area contributed by atoms with Crippen LogP contribution in [0, 0.1) is 0 Å². The van der Waals surface area contributed by atoms with Gasteiger partial charge in [-0.1, -0.05) is 31.9 Å². The lowest BCUT2D eigenvalue weighted by atomic mass is 10.2. The molecule has 6 heteroatoms. The Morgan fingerprint density at radius 1 is 0.957 bits per heavy atom. The molecule has 2 aromatic carbocycles. The maximum Gasteiger partial charge on any atom is 0.124 e. The van der Waals surface area contributed by atoms with Gasteiger partial charge in [-0.2, -0.15) is 0 Å². The Labute approximate surface area is 151 Å². The average molecular weight is 440 g/mol. The first-order valence-electron chi connectivity index (χ1n) is 6.96. The first-order valence-corrected chi connectivity index (χ1v) is 8.54. The van der Waals surface area contributed by atoms with Crippen LogP contribution >= 0.6 is 31.9 Å². The van der Waals surface area contributed by atoms with Crippen molar-refractivity contribution in [2.75, 3.05) is 6.54 Å². The zero-order valence-electron chi connectivity index (χ0n) is 12.4. The van der Waals surface area contributed by atoms with E-state index >= 15 is 0 Å². The Bertz CT molecular complexity index is 745. The van der Waals surface area contributed by atoms with Crippen LogP contribution in [-0.4, -0.2) is 35.2 Å². The van der Waals surface area contributed by atoms with Crippen LogP contribution in [0.15, 0.2) is 55.3 Å². The monoisotopic (exact) mass is 438 g/mol. The van der Waals surface area contributed by atoms with E-state index in [9.17, 15) is 10.2 Å². The number of phenolic OH excluding ortho intramolecular Hbond substituents is 2. The van der Waals surface area contributed by atoms with Crippen LogP contribution in [0.5, 0.6) is 11.5 Å². The highest BCUT2D eigenvalue weighted by Crippen LogP contribution is 2.21. The molecule has 0 radical (unpaired) electrons. The molecule has 23 heavy (non-hydrogen) atoms. The molecule has 0 aromatic heterocycles. The summed E-state index contributed by atoms with van der Waals surface area (Å²) >= 11 is 6.72. The normalized spacial score (nSPS) is 13.0. The van der Waals surface area contributed by atoms with Crippen molar-refractivity contribution >= 4 is 44.3 Å². The fraction of sp³-hybridized carbons (Fsp3) is 0.176. The van der Waals surface area contributed by atoms with Gasteiger partial charge in [0.15, 0.2) is 0 Å². The summed E-state index contributed by atoms with van der Waals surface area (Å²) in [5, 5.41) is 19.5. The molecule has 0 heterocycles. The van der Waals surface area contributed by atoms with Crippen molar-refractivity contribution in [3.63, 3.8) is 0 Å². The van der Waals surface area contributed by atoms with Gasteiger partial charge in [-0.05, 0) is 43.3 Å². The Morgan fingerprint density at radius 3 is 2.04 bits per heavy atom. The first kappa shape index (κ1) is 17.7. The van der Waals surface area contributed by atoms with Gasteiger partial charge in [-0.25, -0.2) is 0 Å². The number of rotatable bonds is 5. The van der Waals surface area contributed by atoms with E-state index in [1.165, 1.54) is 0 Å². The number of hydrogen-bond donors (Lipinski definition) is 2. The SMILES string of the molecule is CC(CN=Cc1cc(Br)ccc1O)N=Cc1cc(Br)ccc1O. The van der Waals surface area contributed by atoms with E-state index in [-0.39, 0.29) is 17.5 Å². The van der Waals surface area contributed by atoms with E-state index in [4.69, 9.17) is 0 Å². The molecule has 0 saturated heterocycles. The van der Waals surface area contributed by atoms with Gasteiger partial charge in [0.25, 0.3) is 0 Å². The van der Waals surface area contributed by atoms with E-state index in [1.54, 1.807) is 48.8 Å². The molecule has 2 aromatic rings. The van der Waals surface area contributed by atoms with Crippen LogP contribution in [0.1, 0.15) is 18.1 Å². The van der Waals surface area contributed by atoms with Crippen LogP contribution in [0.25, 0.3) is 0 Å². The van der Waals surface area contributed by atoms with Crippen LogP contribution in [0.2, 0.25) is 0 Å². The minimum Gasteiger partial charge on any atom is -0.507 e. The average Bonchev–Trinajstić information content (AvgIpc) is 2.51. The van der Waals surface area contributed by atoms with Crippen molar-refractivity contribution in [2.45, 2.75) is 13.0 Å². The lowest BCUT2D eigenvalue weighted by Crippen LogP contribution is -2.04. The summed E-state index contributed by atoms with van der Waals surface area (Å²) < 4.78 is 1.76. The van der Waals surface area contributed by atoms with Crippen LogP contribution in [0.4, 0.5) is 0 Å². The number of nitrogens with zero attached hydrogens (tertiary/aromatic N) is 2. The summed E-state index contributed by atoms with van der Waals surface area (Å²) in [6.45, 7) is 2.42. The summed E-state index contributed by atoms with van der Waals surface area (Å²) in [6, 6.07) is 10.3. The van der Waals surface area contributed by atoms with Gasteiger partial charge in [-0.3, -0.25) is 9.98 Å². The highest BCUT2D eigenvalue weighted by atomic mass is 79.9. The van der Waals surface area contributed by atoms with Gasteiger partial charge < -0.3 is 10.2 Å². The molecular weight excluding hydrogens is 424 g/mol. The summed E-state index contributed by atoms with van der Waals surface area (Å²) in [5.74, 6) is 0.374. The number of hydrogen-bond acceptors (Lipinski definition) is 4. The third-order valence-electron chi connectivity index (χ3n) is 3.05. The Kier molecular flexibility index (Phi) is 6.36. The summed E-state index contributed by atoms with van der Waals surface area (Å²) in [6.07, 6.45) is 3.26. The van der Waals surface area contributed by atoms with E-state index in [2.05, 4.69) is 41.8 Å². The molecule has 0 aliphatic carbocycles. The van der Waals surface area contributed by atoms with Gasteiger partial charge in [0.1, 0.15) is 11.5 Å². The van der Waals surface area contributed by atoms with Crippen molar-refractivity contribution in [2.24, 2.45) is 9.98 Å². The van der Waals surface area contributed by atoms with E-state index < -0.39 is 0 Å². The Morgan fingerprint density at radius 2 is 1.48 bits per heavy atom. The standard InChI is InChI=1S/C17H16Br2N2O2/c1-11(21-10-13-7-15(19)3-5-17(13)23)8-20-9-12-6-14(18)2-4-16(12)22/h2-7,9-11,22-23H,8H2,1H3. The molecule has 0 amide bonds. The third kappa shape index (κ3) is 5.48. The van der Waals surface area contributed by atoms with E-state index in [0.717, 1.165) is 8.95 Å². The molecule has 0 bridgehead atoms. The lowest BCUT2D eigenvalue weighted by Gasteiger charge is -2.04. The fourth-order valence-electron chi connectivity index (χ4n) is 1.82. The lowest BCUT2D eigenvalue weighted by molar-refractivity contribution is 0.473. The van der Waals surface area contributed by atoms with E-state index in [1.807, 2.05) is 6.92 Å². The largest absolute Gasteiger partial charge is 0.507 e. The molecule has 2 rings (SSSR count). The van der Waals surface area contributed by atoms with Crippen molar-refractivity contribution < 1.29 is 10.2 Å². The summed E-state index contributed by atoms with van der Waals surface area (Å²) in [5.41, 5.74) is 1.31. The minimum atomic E-state index is -0.0427. The Balaban J connectivity index is 1.98. The fourth-order valence-corrected chi connectivity index (χ4v) is 2.57. The summed E-state index contributed by atoms with van der Waals surface area (Å²) in [4.78, 5) is 8.68. The molecule has 0 fully saturated rings. The molecule has 0 aliphatic heterocycles. The van der Waals surface area contributed by atoms with Gasteiger partial charge in [0, 0.05) is 32.5 Å². The second-order valence-corrected chi connectivity index (χ2v) is 6.86. The Hall–Kier alpha value is -1.66. The second-order valence-electron chi connectivity index (χ2n) is 5.03. The predicted molar refractivity (Wildman–Crippen MR) is 101 cm³/mol. The zero-order valence-corrected chi connectivity index (χ0v) is 15.6. The van der Waals surface area contributed by atoms with Gasteiger partial charge >= 0.3 is 0 Å². The predicted octanol–water partition coefficient (Wildman–Crippen LogP) is 4.55. The summed E-state index contributed by atoms with van der Waals surface area (Å²) in [7, 11) is 0. The van der Waals surface area contributed by atoms with Crippen LogP contribution in [0.3, 0.4) is 0 Å². The van der Waals surface area contributed by atoms with Gasteiger partial charge in [0.05, 0.1) is 12.6 Å². The van der Waals surface area contributed by atoms with Crippen LogP contribution < -0.4 is 0 Å². The number of benzene rings is 2. The number of aliphatic imine (C=N–C) groups is 2. The smallest absolute Gasteiger partial charge is 0.124 e. The minimum absolute atomic E-state index is 0.0427. The molecule has 0 aliphatic rings. The van der Waals surface area contributed by atoms with Crippen molar-refractivity contribution in [3.05, 3.63) is 56.5 Å². The van der Waals surface area contributed by atoms with Crippen molar-refractivity contribution in [1.82, 2.24) is 0 Å². The first-order chi connectivity index (χ1) is 11.0. The highest BCUT2D eigenvalue weighted by Gasteiger charge is 2.02. The van der Waals surface area contributed by atoms with E-state index in [0.29, 0.717) is 17.7 Å². The molecular formula is C17H16Br2N2O2. The molecule has 0 saturated carbocycles. The number of phenols is 2. The quantitative estimate of drug-likeness (QED) is 0.671. The molecule has 1 atom stereocenters. The van der Waals surface area contributed by atoms with Gasteiger partial charge in [-0.15, -0.1) is 0 Å². The van der Waals surface area contributed by atoms with Crippen molar-refractivity contribution in [1.29, 1.82) is 0 Å². The van der Waals surface area contributed by atoms with Crippen molar-refractivity contribution in [3.8, 4) is 11.5 Å². The van der Waals surface area contributed by atoms with Crippen LogP contribution in [-0.2, 0) is 0 Å². The molecule has 120 valence electrons. The van der Waals surface area contributed by atoms with Gasteiger partial charge in [0.2, 0.25) is 0 Å². The highest BCUT2D eigenvalue weighted by molar-refractivity contribution is 9.10. The number of aromatic hydroxyl groups is 2. The maximum absolute atomic E-state index is 9.76. The molecule has 4 nitrogen and oxygen atoms in total. The zero-order chi connectivity index (χ0) is 16.8. The maximum atomic E-state index is 9.76. The second kappa shape index (κ2) is 8.26. The molecule has 1 unspecified atom stereocenters. The topological polar surface area (TPSA) is 65.2 Å². The number of halogens is 2. The molecule has 2 N–H and O–H groups in total. The molecule has 0 spiro atoms. The third-order valence-corrected chi connectivity index (χ3v) is 4.03.